The molecule has 4 aromatic carbocycles. The Labute approximate surface area is 275 Å². The molecule has 1 saturated heterocycles. The summed E-state index contributed by atoms with van der Waals surface area (Å²) < 4.78 is 11.9. The fraction of sp³-hybridized carbons (Fsp3) is 0.167. The van der Waals surface area contributed by atoms with Crippen molar-refractivity contribution in [3.8, 4) is 11.5 Å². The maximum atomic E-state index is 13.6. The van der Waals surface area contributed by atoms with Crippen LogP contribution in [0.5, 0.6) is 11.5 Å². The average molecular weight is 650 g/mol. The third-order valence-electron chi connectivity index (χ3n) is 7.58. The summed E-state index contributed by atoms with van der Waals surface area (Å²) in [6.07, 6.45) is 0. The van der Waals surface area contributed by atoms with E-state index < -0.39 is 17.7 Å². The van der Waals surface area contributed by atoms with Crippen molar-refractivity contribution in [2.24, 2.45) is 0 Å². The van der Waals surface area contributed by atoms with Crippen molar-refractivity contribution in [2.75, 3.05) is 12.0 Å². The van der Waals surface area contributed by atoms with Crippen LogP contribution in [-0.4, -0.2) is 34.1 Å². The van der Waals surface area contributed by atoms with Crippen LogP contribution in [0.25, 0.3) is 5.76 Å². The summed E-state index contributed by atoms with van der Waals surface area (Å²) in [5.74, 6) is 0.0296. The molecule has 5 aromatic rings. The van der Waals surface area contributed by atoms with Crippen LogP contribution in [0.2, 0.25) is 0 Å². The SMILES string of the molecule is COc1ccc(C2/C(=C(\O)c3ccc(OCc4cccc(C)c4)cc3)C(=O)C(=O)N2c2nnc(SCc3ccc(C)cc3)s2)cc1. The fourth-order valence-corrected chi connectivity index (χ4v) is 6.98. The summed E-state index contributed by atoms with van der Waals surface area (Å²) in [4.78, 5) is 28.5. The molecule has 46 heavy (non-hydrogen) atoms. The van der Waals surface area contributed by atoms with Gasteiger partial charge in [0.2, 0.25) is 5.13 Å². The van der Waals surface area contributed by atoms with Crippen molar-refractivity contribution in [3.63, 3.8) is 0 Å². The van der Waals surface area contributed by atoms with E-state index >= 15 is 0 Å². The highest BCUT2D eigenvalue weighted by molar-refractivity contribution is 8.00. The number of Topliss-reactive ketones (excluding diaryl/α,β-unsaturated/α-hetero) is 1. The first kappa shape index (κ1) is 31.1. The highest BCUT2D eigenvalue weighted by Crippen LogP contribution is 2.44. The molecule has 1 fully saturated rings. The topological polar surface area (TPSA) is 102 Å². The Kier molecular flexibility index (Phi) is 9.18. The molecule has 0 saturated carbocycles. The van der Waals surface area contributed by atoms with E-state index in [2.05, 4.69) is 40.5 Å². The molecular weight excluding hydrogens is 619 g/mol. The number of amides is 1. The lowest BCUT2D eigenvalue weighted by Gasteiger charge is -2.22. The quantitative estimate of drug-likeness (QED) is 0.0541. The van der Waals surface area contributed by atoms with Crippen LogP contribution in [0.1, 0.15) is 39.4 Å². The van der Waals surface area contributed by atoms with Gasteiger partial charge in [-0.3, -0.25) is 14.5 Å². The Bertz CT molecular complexity index is 1900. The highest BCUT2D eigenvalue weighted by Gasteiger charge is 2.48. The molecule has 1 atom stereocenters. The first-order chi connectivity index (χ1) is 22.3. The van der Waals surface area contributed by atoms with Crippen molar-refractivity contribution >= 4 is 45.7 Å². The van der Waals surface area contributed by atoms with Crippen LogP contribution in [0.15, 0.2) is 107 Å². The number of rotatable bonds is 10. The maximum absolute atomic E-state index is 13.6. The number of ether oxygens (including phenoxy) is 2. The van der Waals surface area contributed by atoms with E-state index in [9.17, 15) is 14.7 Å². The number of ketones is 1. The second kappa shape index (κ2) is 13.6. The summed E-state index contributed by atoms with van der Waals surface area (Å²) in [5.41, 5.74) is 5.47. The van der Waals surface area contributed by atoms with Gasteiger partial charge in [-0.25, -0.2) is 0 Å². The normalized spacial score (nSPS) is 15.7. The molecule has 2 heterocycles. The lowest BCUT2D eigenvalue weighted by molar-refractivity contribution is -0.132. The minimum Gasteiger partial charge on any atom is -0.507 e. The van der Waals surface area contributed by atoms with Crippen molar-refractivity contribution in [1.82, 2.24) is 10.2 Å². The smallest absolute Gasteiger partial charge is 0.301 e. The number of methoxy groups -OCH3 is 1. The van der Waals surface area contributed by atoms with Crippen LogP contribution in [0, 0.1) is 13.8 Å². The predicted octanol–water partition coefficient (Wildman–Crippen LogP) is 7.66. The molecule has 1 N–H and O–H groups in total. The van der Waals surface area contributed by atoms with Crippen LogP contribution in [0.4, 0.5) is 5.13 Å². The Balaban J connectivity index is 1.30. The van der Waals surface area contributed by atoms with Gasteiger partial charge in [-0.2, -0.15) is 0 Å². The number of hydrogen-bond acceptors (Lipinski definition) is 9. The van der Waals surface area contributed by atoms with Crippen LogP contribution in [0.3, 0.4) is 0 Å². The van der Waals surface area contributed by atoms with Gasteiger partial charge >= 0.3 is 5.91 Å². The van der Waals surface area contributed by atoms with Gasteiger partial charge in [0.25, 0.3) is 5.78 Å². The van der Waals surface area contributed by atoms with Gasteiger partial charge in [0, 0.05) is 11.3 Å². The van der Waals surface area contributed by atoms with E-state index in [1.54, 1.807) is 55.6 Å². The van der Waals surface area contributed by atoms with Crippen molar-refractivity contribution < 1.29 is 24.2 Å². The lowest BCUT2D eigenvalue weighted by atomic mass is 9.95. The molecule has 1 amide bonds. The summed E-state index contributed by atoms with van der Waals surface area (Å²) >= 11 is 2.73. The summed E-state index contributed by atoms with van der Waals surface area (Å²) in [7, 11) is 1.56. The molecule has 0 radical (unpaired) electrons. The second-order valence-corrected chi connectivity index (χ2v) is 13.0. The van der Waals surface area contributed by atoms with E-state index in [-0.39, 0.29) is 16.5 Å². The van der Waals surface area contributed by atoms with E-state index in [1.165, 1.54) is 33.6 Å². The number of carbonyl (C=O) groups excluding carboxylic acids is 2. The minimum absolute atomic E-state index is 0.0346. The summed E-state index contributed by atoms with van der Waals surface area (Å²) in [6.45, 7) is 4.46. The van der Waals surface area contributed by atoms with Gasteiger partial charge in [0.1, 0.15) is 23.9 Å². The number of aromatic nitrogens is 2. The number of nitrogens with zero attached hydrogens (tertiary/aromatic N) is 3. The molecular formula is C36H31N3O5S2. The summed E-state index contributed by atoms with van der Waals surface area (Å²) in [5, 5.41) is 20.4. The zero-order chi connectivity index (χ0) is 32.2. The monoisotopic (exact) mass is 649 g/mol. The number of anilines is 1. The molecule has 0 spiro atoms. The minimum atomic E-state index is -0.925. The zero-order valence-corrected chi connectivity index (χ0v) is 27.1. The number of hydrogen-bond donors (Lipinski definition) is 1. The Morgan fingerprint density at radius 3 is 2.28 bits per heavy atom. The number of aliphatic hydroxyl groups excluding tert-OH is 1. The molecule has 1 aliphatic rings. The Morgan fingerprint density at radius 1 is 0.870 bits per heavy atom. The Morgan fingerprint density at radius 2 is 1.59 bits per heavy atom. The maximum Gasteiger partial charge on any atom is 0.301 e. The Hall–Kier alpha value is -4.93. The van der Waals surface area contributed by atoms with Gasteiger partial charge in [-0.05, 0) is 66.9 Å². The molecule has 232 valence electrons. The molecule has 10 heteroatoms. The molecule has 1 aliphatic heterocycles. The zero-order valence-electron chi connectivity index (χ0n) is 25.5. The first-order valence-electron chi connectivity index (χ1n) is 14.6. The second-order valence-electron chi connectivity index (χ2n) is 10.9. The number of carbonyl (C=O) groups is 2. The molecule has 8 nitrogen and oxygen atoms in total. The van der Waals surface area contributed by atoms with Crippen molar-refractivity contribution in [1.29, 1.82) is 0 Å². The van der Waals surface area contributed by atoms with Gasteiger partial charge in [-0.15, -0.1) is 10.2 Å². The summed E-state index contributed by atoms with van der Waals surface area (Å²) in [6, 6.07) is 29.2. The third-order valence-corrected chi connectivity index (χ3v) is 9.70. The third kappa shape index (κ3) is 6.68. The highest BCUT2D eigenvalue weighted by atomic mass is 32.2. The molecule has 6 rings (SSSR count). The van der Waals surface area contributed by atoms with E-state index in [4.69, 9.17) is 9.47 Å². The lowest BCUT2D eigenvalue weighted by Crippen LogP contribution is -2.29. The van der Waals surface area contributed by atoms with Crippen molar-refractivity contribution in [2.45, 2.75) is 36.6 Å². The van der Waals surface area contributed by atoms with Gasteiger partial charge < -0.3 is 14.6 Å². The van der Waals surface area contributed by atoms with E-state index in [0.29, 0.717) is 39.3 Å². The van der Waals surface area contributed by atoms with Crippen LogP contribution in [-0.2, 0) is 21.9 Å². The molecule has 1 aromatic heterocycles. The van der Waals surface area contributed by atoms with Crippen molar-refractivity contribution in [3.05, 3.63) is 136 Å². The van der Waals surface area contributed by atoms with E-state index in [1.807, 2.05) is 32.0 Å². The first-order valence-corrected chi connectivity index (χ1v) is 16.4. The largest absolute Gasteiger partial charge is 0.507 e. The molecule has 0 bridgehead atoms. The number of aryl methyl sites for hydroxylation is 2. The molecule has 0 aliphatic carbocycles. The van der Waals surface area contributed by atoms with Crippen LogP contribution >= 0.6 is 23.1 Å². The average Bonchev–Trinajstić information content (AvgIpc) is 3.65. The number of aliphatic hydroxyl groups is 1. The van der Waals surface area contributed by atoms with Gasteiger partial charge in [-0.1, -0.05) is 94.9 Å². The standard InChI is InChI=1S/C36H31N3O5S2/c1-22-7-9-24(10-8-22)21-45-36-38-37-35(46-36)39-31(26-11-15-28(43-3)16-12-26)30(33(41)34(39)42)32(40)27-13-17-29(18-14-27)44-20-25-6-4-5-23(2)19-25/h4-19,31,40H,20-21H2,1-3H3/b32-30+. The van der Waals surface area contributed by atoms with Gasteiger partial charge in [0.05, 0.1) is 18.7 Å². The number of thioether (sulfide) groups is 1. The molecule has 1 unspecified atom stereocenters. The van der Waals surface area contributed by atoms with Gasteiger partial charge in [0.15, 0.2) is 4.34 Å². The number of benzene rings is 4. The van der Waals surface area contributed by atoms with Crippen LogP contribution < -0.4 is 14.4 Å². The fourth-order valence-electron chi connectivity index (χ4n) is 5.15. The van der Waals surface area contributed by atoms with E-state index in [0.717, 1.165) is 16.7 Å². The predicted molar refractivity (Wildman–Crippen MR) is 180 cm³/mol.